The van der Waals surface area contributed by atoms with Crippen LogP contribution in [0.25, 0.3) is 11.0 Å². The average Bonchev–Trinajstić information content (AvgIpc) is 3.81. The smallest absolute Gasteiger partial charge is 0.338 e. The van der Waals surface area contributed by atoms with Crippen molar-refractivity contribution in [2.45, 2.75) is 62.2 Å². The van der Waals surface area contributed by atoms with Crippen molar-refractivity contribution in [1.82, 2.24) is 10.2 Å². The average molecular weight is 974 g/mol. The third-order valence-electron chi connectivity index (χ3n) is 11.8. The van der Waals surface area contributed by atoms with Gasteiger partial charge in [0.1, 0.15) is 17.2 Å². The Morgan fingerprint density at radius 3 is 2.00 bits per heavy atom. The van der Waals surface area contributed by atoms with Crippen molar-refractivity contribution in [2.24, 2.45) is 0 Å². The second-order valence-corrected chi connectivity index (χ2v) is 19.3. The molecule has 0 aliphatic carbocycles. The van der Waals surface area contributed by atoms with Gasteiger partial charge in [-0.15, -0.1) is 0 Å². The van der Waals surface area contributed by atoms with E-state index in [0.717, 1.165) is 28.3 Å². The van der Waals surface area contributed by atoms with Gasteiger partial charge in [0.05, 0.1) is 26.8 Å². The van der Waals surface area contributed by atoms with Crippen LogP contribution in [0.2, 0.25) is 10.0 Å². The largest absolute Gasteiger partial charge is 0.464 e. The van der Waals surface area contributed by atoms with Crippen LogP contribution in [-0.4, -0.2) is 68.3 Å². The third-order valence-corrected chi connectivity index (χ3v) is 13.6. The summed E-state index contributed by atoms with van der Waals surface area (Å²) < 4.78 is 48.6. The molecule has 1 aliphatic rings. The van der Waals surface area contributed by atoms with Crippen LogP contribution in [0.4, 0.5) is 0 Å². The van der Waals surface area contributed by atoms with Crippen LogP contribution in [0.1, 0.15) is 67.9 Å². The van der Waals surface area contributed by atoms with Crippen LogP contribution >= 0.6 is 23.2 Å². The van der Waals surface area contributed by atoms with Gasteiger partial charge in [0.2, 0.25) is 6.29 Å². The van der Waals surface area contributed by atoms with Gasteiger partial charge < -0.3 is 28.8 Å². The Kier molecular flexibility index (Phi) is 14.2. The summed E-state index contributed by atoms with van der Waals surface area (Å²) in [6, 6.07) is 41.5. The molecule has 348 valence electrons. The third kappa shape index (κ3) is 10.2. The van der Waals surface area contributed by atoms with Crippen molar-refractivity contribution < 1.29 is 46.2 Å². The number of furan rings is 1. The Balaban J connectivity index is 1.01. The van der Waals surface area contributed by atoms with Gasteiger partial charge in [-0.25, -0.2) is 18.0 Å². The van der Waals surface area contributed by atoms with Crippen LogP contribution < -0.4 is 5.32 Å². The molecule has 1 unspecified atom stereocenters. The molecule has 0 radical (unpaired) electrons. The highest BCUT2D eigenvalue weighted by Crippen LogP contribution is 2.42. The summed E-state index contributed by atoms with van der Waals surface area (Å²) in [4.78, 5) is 57.5. The summed E-state index contributed by atoms with van der Waals surface area (Å²) in [5, 5.41) is 3.58. The van der Waals surface area contributed by atoms with E-state index in [-0.39, 0.29) is 39.4 Å². The molecule has 2 amide bonds. The quantitative estimate of drug-likeness (QED) is 0.0596. The first kappa shape index (κ1) is 47.7. The zero-order valence-corrected chi connectivity index (χ0v) is 39.5. The summed E-state index contributed by atoms with van der Waals surface area (Å²) >= 11 is 13.7. The number of carbonyl (C=O) groups excluding carboxylic acids is 4. The number of benzene rings is 6. The molecule has 15 heteroatoms. The molecular formula is C53H46Cl2N2O10S. The Morgan fingerprint density at radius 1 is 0.765 bits per heavy atom. The Labute approximate surface area is 403 Å². The second kappa shape index (κ2) is 20.2. The van der Waals surface area contributed by atoms with E-state index >= 15 is 0 Å². The van der Waals surface area contributed by atoms with E-state index in [0.29, 0.717) is 40.8 Å². The molecule has 3 atom stereocenters. The highest BCUT2D eigenvalue weighted by molar-refractivity contribution is 7.90. The predicted molar refractivity (Wildman–Crippen MR) is 257 cm³/mol. The van der Waals surface area contributed by atoms with E-state index in [1.54, 1.807) is 42.4 Å². The number of hydrogen-bond acceptors (Lipinski definition) is 10. The maximum Gasteiger partial charge on any atom is 0.338 e. The SMILES string of the molecule is CC(OC(=O)[C@H](Cc1cccc(S(C)(=O)=O)c1)NC(=O)c1c(Cl)cc2c(c1Cl)CCN(C(=O)c1ccc3ccoc3c1)C2)OC(=O)[C@@H](C)OC(c1ccccc1)(c1ccccc1)c1ccccc1. The number of sulfone groups is 1. The summed E-state index contributed by atoms with van der Waals surface area (Å²) in [7, 11) is -3.64. The molecule has 0 saturated carbocycles. The summed E-state index contributed by atoms with van der Waals surface area (Å²) in [5.74, 6) is -2.88. The molecule has 2 heterocycles. The van der Waals surface area contributed by atoms with Crippen LogP contribution in [0.5, 0.6) is 0 Å². The van der Waals surface area contributed by atoms with Gasteiger partial charge in [-0.3, -0.25) is 9.59 Å². The number of halogens is 2. The zero-order valence-electron chi connectivity index (χ0n) is 37.2. The minimum Gasteiger partial charge on any atom is -0.464 e. The molecule has 0 fully saturated rings. The van der Waals surface area contributed by atoms with E-state index in [4.69, 9.17) is 41.8 Å². The van der Waals surface area contributed by atoms with Crippen molar-refractivity contribution in [2.75, 3.05) is 12.8 Å². The molecule has 6 aromatic carbocycles. The minimum atomic E-state index is -3.64. The Bertz CT molecular complexity index is 3010. The summed E-state index contributed by atoms with van der Waals surface area (Å²) in [5.41, 5.74) is 3.56. The van der Waals surface area contributed by atoms with Gasteiger partial charge in [-0.1, -0.05) is 132 Å². The van der Waals surface area contributed by atoms with Gasteiger partial charge in [0, 0.05) is 43.6 Å². The lowest BCUT2D eigenvalue weighted by Crippen LogP contribution is -2.45. The second-order valence-electron chi connectivity index (χ2n) is 16.5. The lowest BCUT2D eigenvalue weighted by atomic mass is 9.80. The molecule has 8 rings (SSSR count). The van der Waals surface area contributed by atoms with E-state index in [1.807, 2.05) is 103 Å². The van der Waals surface area contributed by atoms with E-state index in [2.05, 4.69) is 5.32 Å². The molecule has 0 spiro atoms. The van der Waals surface area contributed by atoms with Crippen LogP contribution in [0.15, 0.2) is 161 Å². The van der Waals surface area contributed by atoms with Crippen LogP contribution in [0, 0.1) is 0 Å². The Hall–Kier alpha value is -6.77. The molecule has 68 heavy (non-hydrogen) atoms. The lowest BCUT2D eigenvalue weighted by Gasteiger charge is -2.37. The number of fused-ring (bicyclic) bond motifs is 2. The number of rotatable bonds is 15. The van der Waals surface area contributed by atoms with Gasteiger partial charge in [0.25, 0.3) is 11.8 Å². The molecule has 0 bridgehead atoms. The monoisotopic (exact) mass is 972 g/mol. The minimum absolute atomic E-state index is 0.00266. The van der Waals surface area contributed by atoms with Crippen molar-refractivity contribution >= 4 is 67.8 Å². The fraction of sp³-hybridized carbons (Fsp3) is 0.208. The zero-order chi connectivity index (χ0) is 48.2. The normalized spacial score (nSPS) is 14.0. The number of carbonyl (C=O) groups is 4. The van der Waals surface area contributed by atoms with Crippen molar-refractivity contribution in [3.63, 3.8) is 0 Å². The fourth-order valence-corrected chi connectivity index (χ4v) is 9.89. The topological polar surface area (TPSA) is 159 Å². The molecule has 7 aromatic rings. The highest BCUT2D eigenvalue weighted by Gasteiger charge is 2.41. The number of nitrogens with one attached hydrogen (secondary N) is 1. The van der Waals surface area contributed by atoms with Crippen LogP contribution in [-0.2, 0) is 58.6 Å². The standard InChI is InChI=1S/C53H46Cl2N2O10S/c1-33(67-53(39-15-7-4-8-16-39,40-17-9-5-10-18-40)41-19-11-6-12-20-41)51(60)65-34(2)66-52(61)45(29-35-14-13-21-42(28-35)68(3,62)63)56-49(58)47-44(54)30-38-32-57(26-24-43(38)48(47)55)50(59)37-23-22-36-25-27-64-46(36)31-37/h4-23,25,27-28,30-31,33-34,45H,24,26,29,32H2,1-3H3,(H,56,58)/t33-,34?,45+/m1/s1. The first-order chi connectivity index (χ1) is 32.6. The fourth-order valence-electron chi connectivity index (χ4n) is 8.43. The van der Waals surface area contributed by atoms with E-state index in [9.17, 15) is 27.6 Å². The molecule has 1 aliphatic heterocycles. The van der Waals surface area contributed by atoms with Crippen LogP contribution in [0.3, 0.4) is 0 Å². The predicted octanol–water partition coefficient (Wildman–Crippen LogP) is 9.51. The van der Waals surface area contributed by atoms with Gasteiger partial charge in [-0.2, -0.15) is 0 Å². The van der Waals surface area contributed by atoms with E-state index < -0.39 is 51.7 Å². The summed E-state index contributed by atoms with van der Waals surface area (Å²) in [6.45, 7) is 3.36. The number of ether oxygens (including phenoxy) is 3. The van der Waals surface area contributed by atoms with Gasteiger partial charge in [0.15, 0.2) is 15.9 Å². The van der Waals surface area contributed by atoms with E-state index in [1.165, 1.54) is 25.1 Å². The van der Waals surface area contributed by atoms with Gasteiger partial charge >= 0.3 is 11.9 Å². The van der Waals surface area contributed by atoms with Gasteiger partial charge in [-0.05, 0) is 83.1 Å². The number of esters is 2. The first-order valence-corrected chi connectivity index (χ1v) is 24.4. The van der Waals surface area contributed by atoms with Crippen molar-refractivity contribution in [1.29, 1.82) is 0 Å². The molecule has 1 aromatic heterocycles. The maximum atomic E-state index is 14.2. The molecule has 1 N–H and O–H groups in total. The highest BCUT2D eigenvalue weighted by atomic mass is 35.5. The molecular weight excluding hydrogens is 928 g/mol. The first-order valence-electron chi connectivity index (χ1n) is 21.7. The Morgan fingerprint density at radius 2 is 1.38 bits per heavy atom. The lowest BCUT2D eigenvalue weighted by molar-refractivity contribution is -0.196. The number of nitrogens with zero attached hydrogens (tertiary/aromatic N) is 1. The van der Waals surface area contributed by atoms with Crippen molar-refractivity contribution in [3.8, 4) is 0 Å². The molecule has 0 saturated heterocycles. The van der Waals surface area contributed by atoms with Crippen molar-refractivity contribution in [3.05, 3.63) is 206 Å². The number of hydrogen-bond donors (Lipinski definition) is 1. The molecule has 12 nitrogen and oxygen atoms in total. The maximum absolute atomic E-state index is 14.2. The number of amides is 2. The summed E-state index contributed by atoms with van der Waals surface area (Å²) in [6.07, 6.45) is -0.0128.